The summed E-state index contributed by atoms with van der Waals surface area (Å²) in [5.74, 6) is -0.0447. The van der Waals surface area contributed by atoms with Crippen molar-refractivity contribution in [3.05, 3.63) is 29.5 Å². The molecule has 1 aromatic carbocycles. The summed E-state index contributed by atoms with van der Waals surface area (Å²) in [5, 5.41) is 4.13. The lowest BCUT2D eigenvalue weighted by atomic mass is 10.00. The molecule has 2 aliphatic heterocycles. The molecule has 4 rings (SSSR count). The number of hydrogen-bond donors (Lipinski definition) is 1. The average Bonchev–Trinajstić information content (AvgIpc) is 3.50. The number of ketones is 2. The fraction of sp³-hybridized carbons (Fsp3) is 0.645. The lowest BCUT2D eigenvalue weighted by Gasteiger charge is -2.27. The van der Waals surface area contributed by atoms with Crippen molar-refractivity contribution in [2.24, 2.45) is 0 Å². The van der Waals surface area contributed by atoms with Crippen molar-refractivity contribution in [3.8, 4) is 0 Å². The number of carbonyl (C=O) groups is 3. The fourth-order valence-electron chi connectivity index (χ4n) is 6.20. The minimum absolute atomic E-state index is 0.0143. The van der Waals surface area contributed by atoms with Gasteiger partial charge in [0, 0.05) is 49.5 Å². The zero-order valence-corrected chi connectivity index (χ0v) is 23.5. The summed E-state index contributed by atoms with van der Waals surface area (Å²) in [6.45, 7) is 4.71. The van der Waals surface area contributed by atoms with E-state index in [1.54, 1.807) is 11.8 Å². The van der Waals surface area contributed by atoms with Gasteiger partial charge >= 0.3 is 0 Å². The largest absolute Gasteiger partial charge is 0.388 e. The summed E-state index contributed by atoms with van der Waals surface area (Å²) < 4.78 is 8.15. The molecule has 0 saturated carbocycles. The van der Waals surface area contributed by atoms with Gasteiger partial charge in [0.05, 0.1) is 11.6 Å². The second-order valence-electron chi connectivity index (χ2n) is 11.0. The van der Waals surface area contributed by atoms with Crippen molar-refractivity contribution in [2.45, 2.75) is 110 Å². The molecule has 38 heavy (non-hydrogen) atoms. The van der Waals surface area contributed by atoms with E-state index in [4.69, 9.17) is 4.74 Å². The van der Waals surface area contributed by atoms with Gasteiger partial charge in [-0.3, -0.25) is 14.4 Å². The van der Waals surface area contributed by atoms with E-state index in [1.807, 2.05) is 30.8 Å². The number of amides is 1. The Balaban J connectivity index is 1.69. The number of aromatic nitrogens is 1. The van der Waals surface area contributed by atoms with Crippen LogP contribution >= 0.6 is 0 Å². The van der Waals surface area contributed by atoms with E-state index in [0.29, 0.717) is 31.6 Å². The molecule has 1 amide bonds. The Hall–Kier alpha value is -2.67. The number of nitrogens with zero attached hydrogens (tertiary/aromatic N) is 2. The average molecular weight is 524 g/mol. The van der Waals surface area contributed by atoms with Crippen LogP contribution in [-0.4, -0.2) is 59.3 Å². The highest BCUT2D eigenvalue weighted by Crippen LogP contribution is 2.32. The van der Waals surface area contributed by atoms with Gasteiger partial charge in [0.2, 0.25) is 5.91 Å². The highest BCUT2D eigenvalue weighted by molar-refractivity contribution is 6.08. The molecule has 1 N–H and O–H groups in total. The van der Waals surface area contributed by atoms with Gasteiger partial charge in [-0.15, -0.1) is 0 Å². The van der Waals surface area contributed by atoms with Gasteiger partial charge in [0.25, 0.3) is 0 Å². The maximum atomic E-state index is 13.7. The molecule has 2 aliphatic rings. The fourth-order valence-corrected chi connectivity index (χ4v) is 6.20. The molecule has 7 nitrogen and oxygen atoms in total. The van der Waals surface area contributed by atoms with Crippen molar-refractivity contribution in [3.63, 3.8) is 0 Å². The van der Waals surface area contributed by atoms with Crippen LogP contribution in [0.5, 0.6) is 0 Å². The molecule has 1 saturated heterocycles. The van der Waals surface area contributed by atoms with Crippen LogP contribution in [0.3, 0.4) is 0 Å². The van der Waals surface area contributed by atoms with Gasteiger partial charge < -0.3 is 19.5 Å². The summed E-state index contributed by atoms with van der Waals surface area (Å²) in [6, 6.07) is 3.64. The number of hydrogen-bond acceptors (Lipinski definition) is 5. The Kier molecular flexibility index (Phi) is 10.0. The van der Waals surface area contributed by atoms with Crippen LogP contribution in [0.25, 0.3) is 10.9 Å². The standard InChI is InChI=1S/C31H45N3O4/c1-4-27(36)31-28-15-16-34(31)29(37)21-33-20-26(22(2)35)25-19-24(32-3)18-23(30(25)33)14-12-10-8-6-5-7-9-11-13-17-38-28/h18-20,28,31-32H,4-17,21H2,1-3H3/t28-,31-/m1/s1. The number of ether oxygens (including phenoxy) is 1. The first-order valence-electron chi connectivity index (χ1n) is 14.7. The predicted molar refractivity (Wildman–Crippen MR) is 152 cm³/mol. The monoisotopic (exact) mass is 523 g/mol. The number of Topliss-reactive ketones (excluding diaryl/α,β-unsaturated/α-hetero) is 2. The number of benzene rings is 1. The molecular weight excluding hydrogens is 478 g/mol. The normalized spacial score (nSPS) is 22.4. The maximum absolute atomic E-state index is 13.7. The Morgan fingerprint density at radius 3 is 2.37 bits per heavy atom. The zero-order chi connectivity index (χ0) is 27.1. The third-order valence-electron chi connectivity index (χ3n) is 8.29. The molecule has 0 spiro atoms. The highest BCUT2D eigenvalue weighted by atomic mass is 16.5. The van der Waals surface area contributed by atoms with E-state index in [1.165, 1.54) is 38.5 Å². The Bertz CT molecular complexity index is 1140. The molecule has 0 unspecified atom stereocenters. The number of fused-ring (bicyclic) bond motifs is 2. The van der Waals surface area contributed by atoms with Gasteiger partial charge in [-0.05, 0) is 50.3 Å². The topological polar surface area (TPSA) is 80.6 Å². The van der Waals surface area contributed by atoms with E-state index in [2.05, 4.69) is 11.4 Å². The second kappa shape index (κ2) is 13.4. The molecule has 0 aliphatic carbocycles. The molecule has 208 valence electrons. The molecule has 2 aromatic rings. The lowest BCUT2D eigenvalue weighted by Crippen LogP contribution is -2.46. The molecular formula is C31H45N3O4. The number of carbonyl (C=O) groups excluding carboxylic acids is 3. The summed E-state index contributed by atoms with van der Waals surface area (Å²) in [4.78, 5) is 41.1. The van der Waals surface area contributed by atoms with E-state index in [-0.39, 0.29) is 30.1 Å². The van der Waals surface area contributed by atoms with Crippen molar-refractivity contribution in [1.82, 2.24) is 9.47 Å². The minimum atomic E-state index is -0.525. The summed E-state index contributed by atoms with van der Waals surface area (Å²) in [5.41, 5.74) is 3.72. The van der Waals surface area contributed by atoms with Crippen LogP contribution in [0.1, 0.15) is 100 Å². The zero-order valence-electron chi connectivity index (χ0n) is 23.5. The van der Waals surface area contributed by atoms with E-state index >= 15 is 0 Å². The van der Waals surface area contributed by atoms with Crippen molar-refractivity contribution >= 4 is 34.1 Å². The molecule has 1 fully saturated rings. The number of nitrogens with one attached hydrogen (secondary N) is 1. The first kappa shape index (κ1) is 28.3. The van der Waals surface area contributed by atoms with Gasteiger partial charge in [0.1, 0.15) is 12.6 Å². The van der Waals surface area contributed by atoms with Gasteiger partial charge in [-0.2, -0.15) is 0 Å². The van der Waals surface area contributed by atoms with Crippen LogP contribution in [0.2, 0.25) is 0 Å². The molecule has 2 bridgehead atoms. The van der Waals surface area contributed by atoms with E-state index < -0.39 is 6.04 Å². The third-order valence-corrected chi connectivity index (χ3v) is 8.29. The number of anilines is 1. The molecule has 7 heteroatoms. The molecule has 3 heterocycles. The Labute approximate surface area is 227 Å². The van der Waals surface area contributed by atoms with Crippen LogP contribution in [0.4, 0.5) is 5.69 Å². The van der Waals surface area contributed by atoms with Crippen LogP contribution in [0.15, 0.2) is 18.3 Å². The third kappa shape index (κ3) is 6.48. The lowest BCUT2D eigenvalue weighted by molar-refractivity contribution is -0.140. The second-order valence-corrected chi connectivity index (χ2v) is 11.0. The first-order valence-corrected chi connectivity index (χ1v) is 14.7. The first-order chi connectivity index (χ1) is 18.4. The van der Waals surface area contributed by atoms with Gasteiger partial charge in [0.15, 0.2) is 11.6 Å². The Morgan fingerprint density at radius 2 is 1.71 bits per heavy atom. The smallest absolute Gasteiger partial charge is 0.243 e. The minimum Gasteiger partial charge on any atom is -0.388 e. The van der Waals surface area contributed by atoms with E-state index in [9.17, 15) is 14.4 Å². The maximum Gasteiger partial charge on any atom is 0.243 e. The van der Waals surface area contributed by atoms with Crippen LogP contribution in [-0.2, 0) is 27.3 Å². The summed E-state index contributed by atoms with van der Waals surface area (Å²) in [6.07, 6.45) is 14.2. The number of rotatable bonds is 4. The quantitative estimate of drug-likeness (QED) is 0.504. The van der Waals surface area contributed by atoms with Crippen LogP contribution < -0.4 is 5.32 Å². The Morgan fingerprint density at radius 1 is 1.03 bits per heavy atom. The summed E-state index contributed by atoms with van der Waals surface area (Å²) in [7, 11) is 1.89. The predicted octanol–water partition coefficient (Wildman–Crippen LogP) is 5.92. The molecule has 1 aromatic heterocycles. The van der Waals surface area contributed by atoms with Crippen molar-refractivity contribution in [2.75, 3.05) is 25.5 Å². The van der Waals surface area contributed by atoms with Crippen LogP contribution in [0, 0.1) is 0 Å². The molecule has 0 radical (unpaired) electrons. The van der Waals surface area contributed by atoms with Crippen molar-refractivity contribution < 1.29 is 19.1 Å². The van der Waals surface area contributed by atoms with Gasteiger partial charge in [-0.25, -0.2) is 0 Å². The van der Waals surface area contributed by atoms with Crippen molar-refractivity contribution in [1.29, 1.82) is 0 Å². The van der Waals surface area contributed by atoms with E-state index in [0.717, 1.165) is 47.8 Å². The summed E-state index contributed by atoms with van der Waals surface area (Å²) >= 11 is 0. The highest BCUT2D eigenvalue weighted by Gasteiger charge is 2.41. The number of aryl methyl sites for hydroxylation is 1. The molecule has 2 atom stereocenters. The SMILES string of the molecule is CCC(=O)[C@@H]1[C@H]2CCN1C(=O)Cn1cc(C(C)=O)c3cc(NC)cc(c31)CCCCCCCCCCCO2. The van der Waals surface area contributed by atoms with Gasteiger partial charge in [-0.1, -0.05) is 51.9 Å².